The Kier molecular flexibility index (Phi) is 2.83. The minimum atomic E-state index is -0.868. The first kappa shape index (κ1) is 10.4. The topological polar surface area (TPSA) is 12.0 Å². The van der Waals surface area contributed by atoms with Gasteiger partial charge in [-0.05, 0) is 38.0 Å². The van der Waals surface area contributed by atoms with Crippen LogP contribution in [0.3, 0.4) is 0 Å². The highest BCUT2D eigenvalue weighted by molar-refractivity contribution is 5.02. The van der Waals surface area contributed by atoms with Crippen molar-refractivity contribution in [2.24, 2.45) is 5.92 Å². The third kappa shape index (κ3) is 1.81. The number of alkyl halides is 1. The van der Waals surface area contributed by atoms with Crippen molar-refractivity contribution in [3.05, 3.63) is 0 Å². The van der Waals surface area contributed by atoms with Crippen LogP contribution in [0.2, 0.25) is 0 Å². The summed E-state index contributed by atoms with van der Waals surface area (Å²) in [5.74, 6) is 0.248. The van der Waals surface area contributed by atoms with Gasteiger partial charge < -0.3 is 5.32 Å². The zero-order chi connectivity index (χ0) is 10.2. The Morgan fingerprint density at radius 1 is 1.36 bits per heavy atom. The molecule has 82 valence electrons. The molecule has 0 aromatic carbocycles. The van der Waals surface area contributed by atoms with Gasteiger partial charge in [-0.25, -0.2) is 4.39 Å². The van der Waals surface area contributed by atoms with E-state index in [1.165, 1.54) is 12.8 Å². The lowest BCUT2D eigenvalue weighted by Gasteiger charge is -2.39. The Bertz CT molecular complexity index is 192. The molecule has 2 heterocycles. The van der Waals surface area contributed by atoms with Crippen LogP contribution in [0.25, 0.3) is 0 Å². The third-order valence-electron chi connectivity index (χ3n) is 4.11. The smallest absolute Gasteiger partial charge is 0.116 e. The number of hydrogen-bond donors (Lipinski definition) is 1. The number of nitrogens with one attached hydrogen (secondary N) is 1. The molecule has 0 aromatic heterocycles. The monoisotopic (exact) mass is 199 g/mol. The van der Waals surface area contributed by atoms with Gasteiger partial charge in [-0.2, -0.15) is 0 Å². The van der Waals surface area contributed by atoms with Gasteiger partial charge >= 0.3 is 0 Å². The van der Waals surface area contributed by atoms with E-state index in [0.29, 0.717) is 12.1 Å². The molecule has 2 saturated heterocycles. The molecule has 0 radical (unpaired) electrons. The highest BCUT2D eigenvalue weighted by Crippen LogP contribution is 2.42. The van der Waals surface area contributed by atoms with E-state index in [-0.39, 0.29) is 5.92 Å². The van der Waals surface area contributed by atoms with Crippen molar-refractivity contribution < 1.29 is 4.39 Å². The molecule has 0 aliphatic carbocycles. The van der Waals surface area contributed by atoms with Crippen LogP contribution in [0.15, 0.2) is 0 Å². The Balaban J connectivity index is 2.01. The number of hydrogen-bond acceptors (Lipinski definition) is 1. The van der Waals surface area contributed by atoms with Gasteiger partial charge in [0.05, 0.1) is 0 Å². The highest BCUT2D eigenvalue weighted by atomic mass is 19.1. The average molecular weight is 199 g/mol. The molecule has 2 bridgehead atoms. The zero-order valence-electron chi connectivity index (χ0n) is 9.35. The summed E-state index contributed by atoms with van der Waals surface area (Å²) in [4.78, 5) is 0. The van der Waals surface area contributed by atoms with Crippen LogP contribution in [-0.2, 0) is 0 Å². The minimum Gasteiger partial charge on any atom is -0.311 e. The highest BCUT2D eigenvalue weighted by Gasteiger charge is 2.46. The van der Waals surface area contributed by atoms with Gasteiger partial charge in [0, 0.05) is 12.1 Å². The van der Waals surface area contributed by atoms with Crippen LogP contribution >= 0.6 is 0 Å². The molecule has 0 aromatic rings. The zero-order valence-corrected chi connectivity index (χ0v) is 9.35. The fourth-order valence-electron chi connectivity index (χ4n) is 3.22. The van der Waals surface area contributed by atoms with Crippen LogP contribution < -0.4 is 5.32 Å². The summed E-state index contributed by atoms with van der Waals surface area (Å²) in [5, 5.41) is 3.50. The number of halogens is 1. The maximum atomic E-state index is 14.7. The van der Waals surface area contributed by atoms with Crippen molar-refractivity contribution in [2.75, 3.05) is 0 Å². The predicted molar refractivity (Wildman–Crippen MR) is 57.1 cm³/mol. The molecule has 2 aliphatic heterocycles. The van der Waals surface area contributed by atoms with E-state index in [2.05, 4.69) is 19.2 Å². The Morgan fingerprint density at radius 2 is 1.93 bits per heavy atom. The lowest BCUT2D eigenvalue weighted by atomic mass is 9.78. The summed E-state index contributed by atoms with van der Waals surface area (Å²) >= 11 is 0. The van der Waals surface area contributed by atoms with E-state index in [4.69, 9.17) is 0 Å². The second-order valence-electron chi connectivity index (χ2n) is 5.27. The van der Waals surface area contributed by atoms with Gasteiger partial charge in [0.25, 0.3) is 0 Å². The van der Waals surface area contributed by atoms with Gasteiger partial charge in [-0.3, -0.25) is 0 Å². The first-order chi connectivity index (χ1) is 6.64. The van der Waals surface area contributed by atoms with Crippen LogP contribution in [-0.4, -0.2) is 17.8 Å². The lowest BCUT2D eigenvalue weighted by Crippen LogP contribution is -2.49. The lowest BCUT2D eigenvalue weighted by molar-refractivity contribution is 0.0293. The van der Waals surface area contributed by atoms with E-state index < -0.39 is 5.67 Å². The van der Waals surface area contributed by atoms with Gasteiger partial charge in [0.2, 0.25) is 0 Å². The van der Waals surface area contributed by atoms with E-state index >= 15 is 0 Å². The summed E-state index contributed by atoms with van der Waals surface area (Å²) in [6.45, 7) is 4.24. The second kappa shape index (κ2) is 3.80. The minimum absolute atomic E-state index is 0.248. The molecule has 0 amide bonds. The molecule has 3 unspecified atom stereocenters. The molecule has 0 saturated carbocycles. The summed E-state index contributed by atoms with van der Waals surface area (Å²) in [7, 11) is 0. The summed E-state index contributed by atoms with van der Waals surface area (Å²) in [6.07, 6.45) is 6.03. The van der Waals surface area contributed by atoms with E-state index in [1.807, 2.05) is 0 Å². The molecule has 2 rings (SSSR count). The maximum Gasteiger partial charge on any atom is 0.116 e. The van der Waals surface area contributed by atoms with Crippen LogP contribution in [0, 0.1) is 5.92 Å². The Hall–Kier alpha value is -0.110. The van der Waals surface area contributed by atoms with Crippen LogP contribution in [0.4, 0.5) is 4.39 Å². The number of fused-ring (bicyclic) bond motifs is 2. The first-order valence-electron chi connectivity index (χ1n) is 6.09. The van der Waals surface area contributed by atoms with Crippen LogP contribution in [0.1, 0.15) is 52.4 Å². The molecule has 14 heavy (non-hydrogen) atoms. The first-order valence-corrected chi connectivity index (χ1v) is 6.09. The van der Waals surface area contributed by atoms with Gasteiger partial charge in [0.1, 0.15) is 5.67 Å². The van der Waals surface area contributed by atoms with E-state index in [0.717, 1.165) is 25.7 Å². The number of rotatable bonds is 3. The molecule has 0 spiro atoms. The third-order valence-corrected chi connectivity index (χ3v) is 4.11. The molecule has 1 N–H and O–H groups in total. The molecule has 1 nitrogen and oxygen atoms in total. The normalized spacial score (nSPS) is 43.9. The standard InChI is InChI=1S/C12H22FN/c1-3-4-9(2)12(13)7-10-5-6-11(8-12)14-10/h9-11,14H,3-8H2,1-2H3. The van der Waals surface area contributed by atoms with Gasteiger partial charge in [0.15, 0.2) is 0 Å². The molecular formula is C12H22FN. The van der Waals surface area contributed by atoms with Crippen molar-refractivity contribution >= 4 is 0 Å². The molecule has 2 fully saturated rings. The Morgan fingerprint density at radius 3 is 2.43 bits per heavy atom. The quantitative estimate of drug-likeness (QED) is 0.736. The largest absolute Gasteiger partial charge is 0.311 e. The predicted octanol–water partition coefficient (Wildman–Crippen LogP) is 3.05. The fourth-order valence-corrected chi connectivity index (χ4v) is 3.22. The average Bonchev–Trinajstić information content (AvgIpc) is 2.46. The molecule has 2 aliphatic rings. The summed E-state index contributed by atoms with van der Waals surface area (Å²) < 4.78 is 14.7. The fraction of sp³-hybridized carbons (Fsp3) is 1.00. The Labute approximate surface area is 86.5 Å². The van der Waals surface area contributed by atoms with Crippen molar-refractivity contribution in [3.8, 4) is 0 Å². The molecule has 2 heteroatoms. The summed E-state index contributed by atoms with van der Waals surface area (Å²) in [5.41, 5.74) is -0.868. The van der Waals surface area contributed by atoms with Crippen LogP contribution in [0.5, 0.6) is 0 Å². The molecular weight excluding hydrogens is 177 g/mol. The summed E-state index contributed by atoms with van der Waals surface area (Å²) in [6, 6.07) is 0.941. The van der Waals surface area contributed by atoms with Crippen molar-refractivity contribution in [1.29, 1.82) is 0 Å². The van der Waals surface area contributed by atoms with Crippen molar-refractivity contribution in [1.82, 2.24) is 5.32 Å². The van der Waals surface area contributed by atoms with E-state index in [9.17, 15) is 4.39 Å². The van der Waals surface area contributed by atoms with E-state index in [1.54, 1.807) is 0 Å². The van der Waals surface area contributed by atoms with Gasteiger partial charge in [-0.1, -0.05) is 20.3 Å². The van der Waals surface area contributed by atoms with Crippen molar-refractivity contribution in [2.45, 2.75) is 70.1 Å². The van der Waals surface area contributed by atoms with Gasteiger partial charge in [-0.15, -0.1) is 0 Å². The maximum absolute atomic E-state index is 14.7. The SMILES string of the molecule is CCCC(C)C1(F)CC2CCC(C1)N2. The molecule has 3 atom stereocenters. The van der Waals surface area contributed by atoms with Crippen molar-refractivity contribution in [3.63, 3.8) is 0 Å². The number of piperidine rings is 1. The second-order valence-corrected chi connectivity index (χ2v) is 5.27.